The number of aryl methyl sites for hydroxylation is 1. The number of amides is 1. The SMILES string of the molecule is Cc1cc([N+](=O)[O-])n(CC(=O)N2CCN(Cc3ccco3)CC2)n1. The van der Waals surface area contributed by atoms with Gasteiger partial charge in [-0.25, -0.2) is 0 Å². The van der Waals surface area contributed by atoms with Crippen LogP contribution in [-0.4, -0.2) is 56.6 Å². The molecule has 24 heavy (non-hydrogen) atoms. The van der Waals surface area contributed by atoms with E-state index in [1.54, 1.807) is 18.1 Å². The quantitative estimate of drug-likeness (QED) is 0.599. The zero-order chi connectivity index (χ0) is 17.1. The van der Waals surface area contributed by atoms with Crippen molar-refractivity contribution in [2.45, 2.75) is 20.0 Å². The van der Waals surface area contributed by atoms with Gasteiger partial charge in [0.15, 0.2) is 6.54 Å². The summed E-state index contributed by atoms with van der Waals surface area (Å²) in [5, 5.41) is 15.0. The van der Waals surface area contributed by atoms with Gasteiger partial charge in [0, 0.05) is 26.2 Å². The number of nitro groups is 1. The second-order valence-electron chi connectivity index (χ2n) is 5.79. The number of hydrogen-bond acceptors (Lipinski definition) is 6. The fourth-order valence-corrected chi connectivity index (χ4v) is 2.80. The van der Waals surface area contributed by atoms with Crippen LogP contribution in [0, 0.1) is 17.0 Å². The van der Waals surface area contributed by atoms with Gasteiger partial charge in [-0.3, -0.25) is 9.69 Å². The summed E-state index contributed by atoms with van der Waals surface area (Å²) < 4.78 is 6.49. The number of furan rings is 1. The maximum atomic E-state index is 12.4. The van der Waals surface area contributed by atoms with Gasteiger partial charge >= 0.3 is 5.82 Å². The van der Waals surface area contributed by atoms with E-state index in [0.717, 1.165) is 30.1 Å². The number of carbonyl (C=O) groups excluding carboxylic acids is 1. The molecule has 1 aliphatic rings. The molecule has 0 bridgehead atoms. The molecule has 1 fully saturated rings. The topological polar surface area (TPSA) is 97.6 Å². The number of piperazine rings is 1. The molecule has 2 aromatic rings. The Morgan fingerprint density at radius 1 is 1.38 bits per heavy atom. The molecule has 0 atom stereocenters. The molecule has 1 aliphatic heterocycles. The Hall–Kier alpha value is -2.68. The van der Waals surface area contributed by atoms with E-state index in [1.807, 2.05) is 12.1 Å². The third-order valence-electron chi connectivity index (χ3n) is 4.04. The second-order valence-corrected chi connectivity index (χ2v) is 5.79. The van der Waals surface area contributed by atoms with E-state index in [1.165, 1.54) is 6.07 Å². The molecular formula is C15H19N5O4. The van der Waals surface area contributed by atoms with E-state index in [-0.39, 0.29) is 18.3 Å². The fourth-order valence-electron chi connectivity index (χ4n) is 2.80. The van der Waals surface area contributed by atoms with Crippen molar-refractivity contribution in [1.29, 1.82) is 0 Å². The number of hydrogen-bond donors (Lipinski definition) is 0. The van der Waals surface area contributed by atoms with Crippen molar-refractivity contribution < 1.29 is 14.1 Å². The number of nitrogens with zero attached hydrogens (tertiary/aromatic N) is 5. The second kappa shape index (κ2) is 6.83. The van der Waals surface area contributed by atoms with Gasteiger partial charge in [-0.15, -0.1) is 4.68 Å². The van der Waals surface area contributed by atoms with Gasteiger partial charge in [-0.1, -0.05) is 5.10 Å². The Morgan fingerprint density at radius 3 is 2.75 bits per heavy atom. The molecule has 0 saturated carbocycles. The van der Waals surface area contributed by atoms with Crippen LogP contribution in [0.3, 0.4) is 0 Å². The molecule has 0 aromatic carbocycles. The zero-order valence-corrected chi connectivity index (χ0v) is 13.4. The van der Waals surface area contributed by atoms with Crippen LogP contribution in [0.2, 0.25) is 0 Å². The third-order valence-corrected chi connectivity index (χ3v) is 4.04. The first kappa shape index (κ1) is 16.2. The van der Waals surface area contributed by atoms with E-state index in [9.17, 15) is 14.9 Å². The van der Waals surface area contributed by atoms with Crippen LogP contribution in [0.5, 0.6) is 0 Å². The predicted molar refractivity (Wildman–Crippen MR) is 84.2 cm³/mol. The summed E-state index contributed by atoms with van der Waals surface area (Å²) in [4.78, 5) is 26.8. The summed E-state index contributed by atoms with van der Waals surface area (Å²) in [7, 11) is 0. The summed E-state index contributed by atoms with van der Waals surface area (Å²) >= 11 is 0. The van der Waals surface area contributed by atoms with Crippen LogP contribution in [0.25, 0.3) is 0 Å². The Labute approximate surface area is 138 Å². The van der Waals surface area contributed by atoms with E-state index < -0.39 is 4.92 Å². The van der Waals surface area contributed by atoms with Crippen LogP contribution >= 0.6 is 0 Å². The molecule has 1 saturated heterocycles. The van der Waals surface area contributed by atoms with Crippen LogP contribution in [0.15, 0.2) is 28.9 Å². The minimum atomic E-state index is -0.519. The maximum Gasteiger partial charge on any atom is 0.345 e. The maximum absolute atomic E-state index is 12.4. The Kier molecular flexibility index (Phi) is 4.61. The predicted octanol–water partition coefficient (Wildman–Crippen LogP) is 1.04. The minimum Gasteiger partial charge on any atom is -0.468 e. The largest absolute Gasteiger partial charge is 0.468 e. The van der Waals surface area contributed by atoms with Crippen LogP contribution in [0.1, 0.15) is 11.5 Å². The number of aromatic nitrogens is 2. The molecule has 2 aromatic heterocycles. The Balaban J connectivity index is 1.55. The van der Waals surface area contributed by atoms with Crippen LogP contribution in [0.4, 0.5) is 5.82 Å². The van der Waals surface area contributed by atoms with Gasteiger partial charge < -0.3 is 19.4 Å². The van der Waals surface area contributed by atoms with Crippen molar-refractivity contribution in [3.63, 3.8) is 0 Å². The highest BCUT2D eigenvalue weighted by molar-refractivity contribution is 5.76. The summed E-state index contributed by atoms with van der Waals surface area (Å²) in [6, 6.07) is 5.15. The minimum absolute atomic E-state index is 0.109. The van der Waals surface area contributed by atoms with Gasteiger partial charge in [0.05, 0.1) is 24.6 Å². The van der Waals surface area contributed by atoms with Crippen LogP contribution in [-0.2, 0) is 17.9 Å². The first-order chi connectivity index (χ1) is 11.5. The average Bonchev–Trinajstić information content (AvgIpc) is 3.17. The first-order valence-electron chi connectivity index (χ1n) is 7.74. The molecule has 3 rings (SSSR count). The molecule has 0 unspecified atom stereocenters. The molecule has 0 N–H and O–H groups in total. The van der Waals surface area contributed by atoms with Crippen molar-refractivity contribution in [3.8, 4) is 0 Å². The normalized spacial score (nSPS) is 15.6. The highest BCUT2D eigenvalue weighted by atomic mass is 16.6. The first-order valence-corrected chi connectivity index (χ1v) is 7.74. The van der Waals surface area contributed by atoms with E-state index in [4.69, 9.17) is 4.42 Å². The van der Waals surface area contributed by atoms with Crippen molar-refractivity contribution >= 4 is 11.7 Å². The number of carbonyl (C=O) groups is 1. The summed E-state index contributed by atoms with van der Waals surface area (Å²) in [6.45, 7) is 4.95. The standard InChI is InChI=1S/C15H19N5O4/c1-12-9-14(20(22)23)19(16-12)11-15(21)18-6-4-17(5-7-18)10-13-3-2-8-24-13/h2-3,8-9H,4-7,10-11H2,1H3. The molecule has 1 amide bonds. The van der Waals surface area contributed by atoms with E-state index >= 15 is 0 Å². The smallest absolute Gasteiger partial charge is 0.345 e. The lowest BCUT2D eigenvalue weighted by atomic mass is 10.3. The average molecular weight is 333 g/mol. The van der Waals surface area contributed by atoms with Crippen molar-refractivity contribution in [1.82, 2.24) is 19.6 Å². The molecule has 0 aliphatic carbocycles. The Morgan fingerprint density at radius 2 is 2.12 bits per heavy atom. The molecule has 9 heteroatoms. The lowest BCUT2D eigenvalue weighted by molar-refractivity contribution is -0.392. The molecule has 0 spiro atoms. The molecular weight excluding hydrogens is 314 g/mol. The van der Waals surface area contributed by atoms with E-state index in [0.29, 0.717) is 18.8 Å². The zero-order valence-electron chi connectivity index (χ0n) is 13.4. The lowest BCUT2D eigenvalue weighted by Crippen LogP contribution is -2.49. The van der Waals surface area contributed by atoms with Crippen LogP contribution < -0.4 is 0 Å². The van der Waals surface area contributed by atoms with Crippen molar-refractivity contribution in [3.05, 3.63) is 46.0 Å². The fraction of sp³-hybridized carbons (Fsp3) is 0.467. The molecule has 3 heterocycles. The van der Waals surface area contributed by atoms with Gasteiger partial charge in [0.25, 0.3) is 5.91 Å². The number of rotatable bonds is 5. The van der Waals surface area contributed by atoms with Gasteiger partial charge in [0.1, 0.15) is 5.76 Å². The monoisotopic (exact) mass is 333 g/mol. The Bertz CT molecular complexity index is 716. The van der Waals surface area contributed by atoms with Crippen molar-refractivity contribution in [2.24, 2.45) is 0 Å². The van der Waals surface area contributed by atoms with Gasteiger partial charge in [-0.05, 0) is 24.0 Å². The summed E-state index contributed by atoms with van der Waals surface area (Å²) in [5.74, 6) is 0.591. The highest BCUT2D eigenvalue weighted by Gasteiger charge is 2.26. The third kappa shape index (κ3) is 3.62. The highest BCUT2D eigenvalue weighted by Crippen LogP contribution is 2.14. The van der Waals surface area contributed by atoms with Gasteiger partial charge in [-0.2, -0.15) is 0 Å². The molecule has 128 valence electrons. The summed E-state index contributed by atoms with van der Waals surface area (Å²) in [6.07, 6.45) is 1.65. The lowest BCUT2D eigenvalue weighted by Gasteiger charge is -2.33. The summed E-state index contributed by atoms with van der Waals surface area (Å²) in [5.41, 5.74) is 0.526. The van der Waals surface area contributed by atoms with Crippen molar-refractivity contribution in [2.75, 3.05) is 26.2 Å². The van der Waals surface area contributed by atoms with E-state index in [2.05, 4.69) is 10.00 Å². The molecule has 9 nitrogen and oxygen atoms in total. The molecule has 0 radical (unpaired) electrons. The van der Waals surface area contributed by atoms with Gasteiger partial charge in [0.2, 0.25) is 0 Å².